The van der Waals surface area contributed by atoms with E-state index in [1.54, 1.807) is 12.1 Å². The van der Waals surface area contributed by atoms with Gasteiger partial charge in [0.1, 0.15) is 0 Å². The molecule has 0 heterocycles. The summed E-state index contributed by atoms with van der Waals surface area (Å²) in [6.07, 6.45) is 0.771. The Morgan fingerprint density at radius 2 is 2.31 bits per heavy atom. The summed E-state index contributed by atoms with van der Waals surface area (Å²) in [7, 11) is 0. The molecule has 0 aliphatic heterocycles. The average Bonchev–Trinajstić information content (AvgIpc) is 2.07. The van der Waals surface area contributed by atoms with Gasteiger partial charge in [-0.2, -0.15) is 0 Å². The zero-order valence-electron chi connectivity index (χ0n) is 7.20. The molecule has 0 amide bonds. The number of thiocarbonyl (C=S) groups is 1. The number of anilines is 1. The molecule has 3 N–H and O–H groups in total. The molecule has 4 heteroatoms. The Bertz CT molecular complexity index is 349. The first-order chi connectivity index (χ1) is 6.13. The second-order valence-electron chi connectivity index (χ2n) is 2.70. The van der Waals surface area contributed by atoms with Gasteiger partial charge in [0, 0.05) is 5.56 Å². The Labute approximate surface area is 81.9 Å². The van der Waals surface area contributed by atoms with E-state index in [1.807, 2.05) is 13.0 Å². The van der Waals surface area contributed by atoms with Crippen molar-refractivity contribution in [3.05, 3.63) is 29.3 Å². The summed E-state index contributed by atoms with van der Waals surface area (Å²) in [5.41, 5.74) is 7.52. The van der Waals surface area contributed by atoms with E-state index in [1.165, 1.54) is 0 Å². The molecule has 68 valence electrons. The Balaban J connectivity index is 3.05. The summed E-state index contributed by atoms with van der Waals surface area (Å²) < 4.78 is 0. The van der Waals surface area contributed by atoms with Crippen molar-refractivity contribution in [3.8, 4) is 0 Å². The van der Waals surface area contributed by atoms with Crippen LogP contribution in [0.2, 0.25) is 0 Å². The number of rotatable bonds is 2. The van der Waals surface area contributed by atoms with Crippen LogP contribution >= 0.6 is 12.2 Å². The number of nitrogens with two attached hydrogens (primary N) is 1. The smallest absolute Gasteiger partial charge is 0.168 e. The Hall–Kier alpha value is -1.42. The lowest BCUT2D eigenvalue weighted by Crippen LogP contribution is -2.19. The Kier molecular flexibility index (Phi) is 2.97. The summed E-state index contributed by atoms with van der Waals surface area (Å²) in [5.74, 6) is 0. The summed E-state index contributed by atoms with van der Waals surface area (Å²) in [5, 5.41) is 2.89. The minimum absolute atomic E-state index is 0.159. The molecule has 1 aromatic rings. The SMILES string of the molecule is Cc1ccc(NC(N)=S)c(C=O)c1. The van der Waals surface area contributed by atoms with Crippen LogP contribution in [0.25, 0.3) is 0 Å². The molecule has 0 aliphatic rings. The van der Waals surface area contributed by atoms with Crippen LogP contribution in [0.5, 0.6) is 0 Å². The molecule has 0 unspecified atom stereocenters. The maximum absolute atomic E-state index is 10.6. The highest BCUT2D eigenvalue weighted by atomic mass is 32.1. The number of carbonyl (C=O) groups is 1. The van der Waals surface area contributed by atoms with Gasteiger partial charge in [0.2, 0.25) is 0 Å². The predicted molar refractivity (Wildman–Crippen MR) is 57.0 cm³/mol. The van der Waals surface area contributed by atoms with E-state index >= 15 is 0 Å². The molecule has 0 saturated carbocycles. The minimum atomic E-state index is 0.159. The first-order valence-corrected chi connectivity index (χ1v) is 4.16. The first-order valence-electron chi connectivity index (χ1n) is 3.76. The van der Waals surface area contributed by atoms with Crippen molar-refractivity contribution in [2.24, 2.45) is 5.73 Å². The summed E-state index contributed by atoms with van der Waals surface area (Å²) in [6, 6.07) is 5.43. The second-order valence-corrected chi connectivity index (χ2v) is 3.14. The highest BCUT2D eigenvalue weighted by molar-refractivity contribution is 7.80. The van der Waals surface area contributed by atoms with Crippen LogP contribution in [0.1, 0.15) is 15.9 Å². The van der Waals surface area contributed by atoms with E-state index < -0.39 is 0 Å². The van der Waals surface area contributed by atoms with E-state index in [2.05, 4.69) is 17.5 Å². The Morgan fingerprint density at radius 1 is 1.62 bits per heavy atom. The molecule has 0 aromatic heterocycles. The molecule has 0 aliphatic carbocycles. The highest BCUT2D eigenvalue weighted by Crippen LogP contribution is 2.14. The molecule has 0 fully saturated rings. The fraction of sp³-hybridized carbons (Fsp3) is 0.111. The van der Waals surface area contributed by atoms with Crippen LogP contribution < -0.4 is 11.1 Å². The van der Waals surface area contributed by atoms with Crippen molar-refractivity contribution in [3.63, 3.8) is 0 Å². The zero-order valence-corrected chi connectivity index (χ0v) is 8.02. The van der Waals surface area contributed by atoms with Crippen molar-refractivity contribution < 1.29 is 4.79 Å². The summed E-state index contributed by atoms with van der Waals surface area (Å²) >= 11 is 4.67. The monoisotopic (exact) mass is 194 g/mol. The number of benzene rings is 1. The predicted octanol–water partition coefficient (Wildman–Crippen LogP) is 1.46. The summed E-state index contributed by atoms with van der Waals surface area (Å²) in [6.45, 7) is 1.91. The molecule has 0 atom stereocenters. The van der Waals surface area contributed by atoms with Gasteiger partial charge >= 0.3 is 0 Å². The third-order valence-corrected chi connectivity index (χ3v) is 1.69. The lowest BCUT2D eigenvalue weighted by Gasteiger charge is -2.06. The van der Waals surface area contributed by atoms with Gasteiger partial charge in [-0.3, -0.25) is 4.79 Å². The molecular formula is C9H10N2OS. The number of hydrogen-bond donors (Lipinski definition) is 2. The van der Waals surface area contributed by atoms with E-state index in [4.69, 9.17) is 5.73 Å². The maximum Gasteiger partial charge on any atom is 0.168 e. The van der Waals surface area contributed by atoms with Crippen molar-refractivity contribution in [2.75, 3.05) is 5.32 Å². The van der Waals surface area contributed by atoms with Gasteiger partial charge in [-0.1, -0.05) is 11.6 Å². The summed E-state index contributed by atoms with van der Waals surface area (Å²) in [4.78, 5) is 10.6. The number of hydrogen-bond acceptors (Lipinski definition) is 2. The third kappa shape index (κ3) is 2.52. The van der Waals surface area contributed by atoms with Crippen molar-refractivity contribution in [1.82, 2.24) is 0 Å². The maximum atomic E-state index is 10.6. The fourth-order valence-corrected chi connectivity index (χ4v) is 1.14. The van der Waals surface area contributed by atoms with E-state index in [9.17, 15) is 4.79 Å². The molecule has 3 nitrogen and oxygen atoms in total. The number of aldehydes is 1. The van der Waals surface area contributed by atoms with Gasteiger partial charge in [-0.25, -0.2) is 0 Å². The van der Waals surface area contributed by atoms with Gasteiger partial charge < -0.3 is 11.1 Å². The molecule has 13 heavy (non-hydrogen) atoms. The number of aryl methyl sites for hydroxylation is 1. The van der Waals surface area contributed by atoms with Gasteiger partial charge in [0.05, 0.1) is 5.69 Å². The fourth-order valence-electron chi connectivity index (χ4n) is 1.03. The van der Waals surface area contributed by atoms with Crippen LogP contribution in [0.3, 0.4) is 0 Å². The standard InChI is InChI=1S/C9H10N2OS/c1-6-2-3-8(11-9(10)13)7(4-6)5-12/h2-5H,1H3,(H3,10,11,13). The minimum Gasteiger partial charge on any atom is -0.376 e. The van der Waals surface area contributed by atoms with Gasteiger partial charge in [0.15, 0.2) is 11.4 Å². The van der Waals surface area contributed by atoms with Gasteiger partial charge in [-0.05, 0) is 31.3 Å². The second kappa shape index (κ2) is 4.00. The largest absolute Gasteiger partial charge is 0.376 e. The third-order valence-electron chi connectivity index (χ3n) is 1.59. The Morgan fingerprint density at radius 3 is 2.85 bits per heavy atom. The van der Waals surface area contributed by atoms with E-state index in [0.29, 0.717) is 11.3 Å². The lowest BCUT2D eigenvalue weighted by molar-refractivity contribution is 0.112. The zero-order chi connectivity index (χ0) is 9.84. The van der Waals surface area contributed by atoms with Crippen LogP contribution in [0.4, 0.5) is 5.69 Å². The van der Waals surface area contributed by atoms with Crippen molar-refractivity contribution in [2.45, 2.75) is 6.92 Å². The average molecular weight is 194 g/mol. The lowest BCUT2D eigenvalue weighted by atomic mass is 10.1. The molecule has 0 radical (unpaired) electrons. The van der Waals surface area contributed by atoms with Crippen LogP contribution in [0.15, 0.2) is 18.2 Å². The van der Waals surface area contributed by atoms with E-state index in [-0.39, 0.29) is 5.11 Å². The molecule has 0 bridgehead atoms. The van der Waals surface area contributed by atoms with Crippen molar-refractivity contribution >= 4 is 29.3 Å². The molecule has 0 saturated heterocycles. The molecule has 0 spiro atoms. The van der Waals surface area contributed by atoms with Crippen LogP contribution in [-0.4, -0.2) is 11.4 Å². The molecule has 1 rings (SSSR count). The van der Waals surface area contributed by atoms with Crippen LogP contribution in [0, 0.1) is 6.92 Å². The van der Waals surface area contributed by atoms with Gasteiger partial charge in [0.25, 0.3) is 0 Å². The topological polar surface area (TPSA) is 55.1 Å². The van der Waals surface area contributed by atoms with Crippen molar-refractivity contribution in [1.29, 1.82) is 0 Å². The number of carbonyl (C=O) groups excluding carboxylic acids is 1. The first kappa shape index (κ1) is 9.67. The quantitative estimate of drug-likeness (QED) is 0.553. The van der Waals surface area contributed by atoms with E-state index in [0.717, 1.165) is 11.8 Å². The highest BCUT2D eigenvalue weighted by Gasteiger charge is 2.01. The van der Waals surface area contributed by atoms with Crippen LogP contribution in [-0.2, 0) is 0 Å². The molecule has 1 aromatic carbocycles. The van der Waals surface area contributed by atoms with Gasteiger partial charge in [-0.15, -0.1) is 0 Å². The normalized spacial score (nSPS) is 9.31. The molecular weight excluding hydrogens is 184 g/mol. The number of nitrogens with one attached hydrogen (secondary N) is 1.